The summed E-state index contributed by atoms with van der Waals surface area (Å²) in [5.41, 5.74) is 2.05. The van der Waals surface area contributed by atoms with Gasteiger partial charge in [-0.05, 0) is 43.2 Å². The van der Waals surface area contributed by atoms with Crippen LogP contribution in [-0.2, 0) is 20.7 Å². The minimum atomic E-state index is -3.66. The Morgan fingerprint density at radius 1 is 0.857 bits per heavy atom. The number of hydrogen-bond acceptors (Lipinski definition) is 5. The minimum absolute atomic E-state index is 0.137. The number of nitrogens with zero attached hydrogens (tertiary/aromatic N) is 2. The fourth-order valence-electron chi connectivity index (χ4n) is 3.21. The highest BCUT2D eigenvalue weighted by atomic mass is 79.9. The van der Waals surface area contributed by atoms with Gasteiger partial charge in [-0.15, -0.1) is 0 Å². The molecule has 0 amide bonds. The van der Waals surface area contributed by atoms with Gasteiger partial charge in [0.25, 0.3) is 10.1 Å². The van der Waals surface area contributed by atoms with Gasteiger partial charge in [0.05, 0.1) is 11.5 Å². The predicted molar refractivity (Wildman–Crippen MR) is 115 cm³/mol. The molecule has 3 heterocycles. The van der Waals surface area contributed by atoms with Crippen LogP contribution in [0.15, 0.2) is 57.9 Å². The molecule has 5 nitrogen and oxygen atoms in total. The molecule has 5 rings (SSSR count). The van der Waals surface area contributed by atoms with Gasteiger partial charge in [0, 0.05) is 43.7 Å². The Bertz CT molecular complexity index is 823. The van der Waals surface area contributed by atoms with E-state index in [4.69, 9.17) is 4.18 Å². The number of aryl methyl sites for hydroxylation is 1. The maximum atomic E-state index is 12.0. The molecule has 3 aliphatic heterocycles. The van der Waals surface area contributed by atoms with E-state index in [1.807, 2.05) is 31.2 Å². The van der Waals surface area contributed by atoms with Gasteiger partial charge >= 0.3 is 0 Å². The Hall–Kier alpha value is -1.25. The molecule has 2 aromatic rings. The fourth-order valence-corrected chi connectivity index (χ4v) is 4.39. The molecule has 2 aromatic carbocycles. The molecule has 0 N–H and O–H groups in total. The standard InChI is InChI=1S/C15H15BrO3S.C6H12N2/c1-12-2-8-15(9-3-12)20(17,18)19-11-10-13-4-6-14(16)7-5-13;1-2-8-5-3-7(1)4-6-8/h2-9H,10-11H2,1H3;1-6H2. The van der Waals surface area contributed by atoms with Gasteiger partial charge in [0.15, 0.2) is 0 Å². The lowest BCUT2D eigenvalue weighted by atomic mass is 10.2. The summed E-state index contributed by atoms with van der Waals surface area (Å²) in [7, 11) is -3.66. The molecular weight excluding hydrogens is 440 g/mol. The van der Waals surface area contributed by atoms with Gasteiger partial charge in [-0.2, -0.15) is 8.42 Å². The predicted octanol–water partition coefficient (Wildman–Crippen LogP) is 3.32. The van der Waals surface area contributed by atoms with Gasteiger partial charge in [0.2, 0.25) is 0 Å². The van der Waals surface area contributed by atoms with Gasteiger partial charge in [0.1, 0.15) is 0 Å². The van der Waals surface area contributed by atoms with Crippen LogP contribution in [0.2, 0.25) is 0 Å². The second kappa shape index (κ2) is 9.98. The molecule has 0 atom stereocenters. The molecule has 0 aromatic heterocycles. The number of piperazine rings is 3. The second-order valence-corrected chi connectivity index (χ2v) is 9.68. The van der Waals surface area contributed by atoms with Crippen LogP contribution in [0.4, 0.5) is 0 Å². The first kappa shape index (κ1) is 21.5. The summed E-state index contributed by atoms with van der Waals surface area (Å²) in [6.45, 7) is 9.96. The molecule has 0 aliphatic carbocycles. The summed E-state index contributed by atoms with van der Waals surface area (Å²) < 4.78 is 30.0. The Morgan fingerprint density at radius 3 is 1.82 bits per heavy atom. The molecule has 0 radical (unpaired) electrons. The topological polar surface area (TPSA) is 49.9 Å². The largest absolute Gasteiger partial charge is 0.300 e. The lowest BCUT2D eigenvalue weighted by Crippen LogP contribution is -2.55. The van der Waals surface area contributed by atoms with Crippen molar-refractivity contribution in [3.8, 4) is 0 Å². The maximum Gasteiger partial charge on any atom is 0.296 e. The molecule has 3 saturated heterocycles. The van der Waals surface area contributed by atoms with Crippen molar-refractivity contribution in [2.75, 3.05) is 45.9 Å². The third kappa shape index (κ3) is 6.39. The van der Waals surface area contributed by atoms with Crippen molar-refractivity contribution in [1.82, 2.24) is 9.80 Å². The van der Waals surface area contributed by atoms with Crippen LogP contribution >= 0.6 is 15.9 Å². The smallest absolute Gasteiger partial charge is 0.296 e. The first-order valence-electron chi connectivity index (χ1n) is 9.58. The Labute approximate surface area is 176 Å². The van der Waals surface area contributed by atoms with E-state index in [1.54, 1.807) is 24.3 Å². The van der Waals surface area contributed by atoms with Crippen molar-refractivity contribution in [3.05, 3.63) is 64.1 Å². The van der Waals surface area contributed by atoms with Crippen LogP contribution in [0.5, 0.6) is 0 Å². The van der Waals surface area contributed by atoms with Crippen LogP contribution in [0, 0.1) is 6.92 Å². The highest BCUT2D eigenvalue weighted by Crippen LogP contribution is 2.15. The van der Waals surface area contributed by atoms with E-state index in [9.17, 15) is 8.42 Å². The summed E-state index contributed by atoms with van der Waals surface area (Å²) in [6.07, 6.45) is 0.554. The highest BCUT2D eigenvalue weighted by molar-refractivity contribution is 9.10. The van der Waals surface area contributed by atoms with Crippen LogP contribution in [0.3, 0.4) is 0 Å². The number of rotatable bonds is 5. The Balaban J connectivity index is 0.000000231. The quantitative estimate of drug-likeness (QED) is 0.632. The van der Waals surface area contributed by atoms with E-state index < -0.39 is 10.1 Å². The van der Waals surface area contributed by atoms with E-state index in [-0.39, 0.29) is 11.5 Å². The number of fused-ring (bicyclic) bond motifs is 3. The average molecular weight is 467 g/mol. The maximum absolute atomic E-state index is 12.0. The SMILES string of the molecule is C1CN2CCN1CC2.Cc1ccc(S(=O)(=O)OCCc2ccc(Br)cc2)cc1. The van der Waals surface area contributed by atoms with E-state index in [0.29, 0.717) is 6.42 Å². The molecule has 7 heteroatoms. The lowest BCUT2D eigenvalue weighted by molar-refractivity contribution is 0.0647. The molecule has 152 valence electrons. The lowest BCUT2D eigenvalue weighted by Gasteiger charge is -2.41. The first-order valence-corrected chi connectivity index (χ1v) is 11.8. The highest BCUT2D eigenvalue weighted by Gasteiger charge is 2.21. The minimum Gasteiger partial charge on any atom is -0.300 e. The van der Waals surface area contributed by atoms with Crippen molar-refractivity contribution >= 4 is 26.0 Å². The van der Waals surface area contributed by atoms with Gasteiger partial charge < -0.3 is 0 Å². The number of hydrogen-bond donors (Lipinski definition) is 0. The van der Waals surface area contributed by atoms with E-state index in [1.165, 1.54) is 39.3 Å². The van der Waals surface area contributed by atoms with Crippen molar-refractivity contribution in [1.29, 1.82) is 0 Å². The van der Waals surface area contributed by atoms with E-state index >= 15 is 0 Å². The first-order chi connectivity index (χ1) is 13.4. The fraction of sp³-hybridized carbons (Fsp3) is 0.429. The van der Waals surface area contributed by atoms with Crippen LogP contribution in [0.1, 0.15) is 11.1 Å². The molecule has 2 bridgehead atoms. The van der Waals surface area contributed by atoms with Gasteiger partial charge in [-0.25, -0.2) is 0 Å². The van der Waals surface area contributed by atoms with E-state index in [2.05, 4.69) is 25.7 Å². The van der Waals surface area contributed by atoms with Gasteiger partial charge in [-0.3, -0.25) is 14.0 Å². The summed E-state index contributed by atoms with van der Waals surface area (Å²) in [5, 5.41) is 0. The summed E-state index contributed by atoms with van der Waals surface area (Å²) in [4.78, 5) is 5.28. The summed E-state index contributed by atoms with van der Waals surface area (Å²) in [6, 6.07) is 14.3. The average Bonchev–Trinajstić information content (AvgIpc) is 2.72. The molecular formula is C21H27BrN2O3S. The summed E-state index contributed by atoms with van der Waals surface area (Å²) >= 11 is 3.35. The third-order valence-corrected chi connectivity index (χ3v) is 6.90. The molecule has 3 fully saturated rings. The molecule has 3 aliphatic rings. The number of halogens is 1. The van der Waals surface area contributed by atoms with Crippen LogP contribution < -0.4 is 0 Å². The van der Waals surface area contributed by atoms with Gasteiger partial charge in [-0.1, -0.05) is 45.8 Å². The molecule has 28 heavy (non-hydrogen) atoms. The molecule has 0 spiro atoms. The monoisotopic (exact) mass is 466 g/mol. The molecule has 0 unspecified atom stereocenters. The van der Waals surface area contributed by atoms with Crippen molar-refractivity contribution in [2.24, 2.45) is 0 Å². The zero-order chi connectivity index (χ0) is 20.0. The number of benzene rings is 2. The normalized spacial score (nSPS) is 21.1. The Kier molecular flexibility index (Phi) is 7.65. The zero-order valence-electron chi connectivity index (χ0n) is 16.2. The van der Waals surface area contributed by atoms with Crippen molar-refractivity contribution in [3.63, 3.8) is 0 Å². The Morgan fingerprint density at radius 2 is 1.36 bits per heavy atom. The van der Waals surface area contributed by atoms with E-state index in [0.717, 1.165) is 15.6 Å². The molecule has 0 saturated carbocycles. The summed E-state index contributed by atoms with van der Waals surface area (Å²) in [5.74, 6) is 0. The van der Waals surface area contributed by atoms with Crippen molar-refractivity contribution < 1.29 is 12.6 Å². The zero-order valence-corrected chi connectivity index (χ0v) is 18.6. The van der Waals surface area contributed by atoms with Crippen molar-refractivity contribution in [2.45, 2.75) is 18.2 Å². The van der Waals surface area contributed by atoms with Crippen LogP contribution in [0.25, 0.3) is 0 Å². The third-order valence-electron chi connectivity index (χ3n) is 5.05. The van der Waals surface area contributed by atoms with Crippen LogP contribution in [-0.4, -0.2) is 64.1 Å². The second-order valence-electron chi connectivity index (χ2n) is 7.15.